The molecule has 0 aliphatic heterocycles. The Morgan fingerprint density at radius 2 is 1.80 bits per heavy atom. The molecule has 0 atom stereocenters. The van der Waals surface area contributed by atoms with Gasteiger partial charge in [0, 0.05) is 0 Å². The van der Waals surface area contributed by atoms with Gasteiger partial charge in [-0.05, 0) is 50.0 Å². The van der Waals surface area contributed by atoms with Crippen LogP contribution >= 0.6 is 0 Å². The summed E-state index contributed by atoms with van der Waals surface area (Å²) in [6.45, 7) is 7.25. The van der Waals surface area contributed by atoms with E-state index in [1.807, 2.05) is 6.07 Å². The molecular formula is C17H29NO2. The van der Waals surface area contributed by atoms with Gasteiger partial charge in [-0.3, -0.25) is 0 Å². The quantitative estimate of drug-likeness (QED) is 0.625. The second-order valence-electron chi connectivity index (χ2n) is 4.95. The molecule has 20 heavy (non-hydrogen) atoms. The minimum absolute atomic E-state index is 0.767. The Morgan fingerprint density at radius 1 is 1.00 bits per heavy atom. The van der Waals surface area contributed by atoms with Crippen LogP contribution in [0.15, 0.2) is 18.2 Å². The molecule has 0 unspecified atom stereocenters. The lowest BCUT2D eigenvalue weighted by atomic mass is 10.1. The molecule has 3 heteroatoms. The van der Waals surface area contributed by atoms with E-state index in [1.165, 1.54) is 24.8 Å². The van der Waals surface area contributed by atoms with E-state index in [4.69, 9.17) is 9.47 Å². The first kappa shape index (κ1) is 16.8. The molecule has 0 amide bonds. The lowest BCUT2D eigenvalue weighted by Crippen LogP contribution is -2.13. The van der Waals surface area contributed by atoms with Crippen LogP contribution in [0.3, 0.4) is 0 Å². The van der Waals surface area contributed by atoms with Crippen LogP contribution in [-0.4, -0.2) is 26.8 Å². The van der Waals surface area contributed by atoms with Gasteiger partial charge in [0.1, 0.15) is 0 Å². The third-order valence-corrected chi connectivity index (χ3v) is 3.39. The number of hydrogen-bond acceptors (Lipinski definition) is 3. The van der Waals surface area contributed by atoms with Crippen molar-refractivity contribution in [1.82, 2.24) is 5.32 Å². The molecule has 1 rings (SSSR count). The Hall–Kier alpha value is -1.22. The number of methoxy groups -OCH3 is 1. The van der Waals surface area contributed by atoms with Crippen LogP contribution in [-0.2, 0) is 6.42 Å². The van der Waals surface area contributed by atoms with Gasteiger partial charge < -0.3 is 14.8 Å². The summed E-state index contributed by atoms with van der Waals surface area (Å²) in [6, 6.07) is 6.18. The summed E-state index contributed by atoms with van der Waals surface area (Å²) in [6.07, 6.45) is 5.86. The Balaban J connectivity index is 2.21. The maximum absolute atomic E-state index is 5.81. The summed E-state index contributed by atoms with van der Waals surface area (Å²) in [4.78, 5) is 0. The molecule has 0 spiro atoms. The second kappa shape index (κ2) is 10.6. The molecule has 114 valence electrons. The smallest absolute Gasteiger partial charge is 0.161 e. The number of unbranched alkanes of at least 4 members (excludes halogenated alkanes) is 3. The number of nitrogens with one attached hydrogen (secondary N) is 1. The van der Waals surface area contributed by atoms with Crippen molar-refractivity contribution in [3.05, 3.63) is 23.8 Å². The maximum Gasteiger partial charge on any atom is 0.161 e. The van der Waals surface area contributed by atoms with Crippen molar-refractivity contribution in [2.75, 3.05) is 26.8 Å². The van der Waals surface area contributed by atoms with Gasteiger partial charge in [-0.25, -0.2) is 0 Å². The zero-order chi connectivity index (χ0) is 14.6. The van der Waals surface area contributed by atoms with Crippen molar-refractivity contribution in [2.24, 2.45) is 0 Å². The topological polar surface area (TPSA) is 30.5 Å². The van der Waals surface area contributed by atoms with Crippen LogP contribution in [0.25, 0.3) is 0 Å². The number of hydrogen-bond donors (Lipinski definition) is 1. The summed E-state index contributed by atoms with van der Waals surface area (Å²) < 4.78 is 11.2. The van der Waals surface area contributed by atoms with Crippen molar-refractivity contribution in [3.8, 4) is 11.5 Å². The van der Waals surface area contributed by atoms with E-state index in [2.05, 4.69) is 31.3 Å². The average molecular weight is 279 g/mol. The molecule has 1 aromatic carbocycles. The van der Waals surface area contributed by atoms with Crippen LogP contribution in [0, 0.1) is 0 Å². The summed E-state index contributed by atoms with van der Waals surface area (Å²) in [5.41, 5.74) is 1.28. The predicted octanol–water partition coefficient (Wildman–Crippen LogP) is 3.81. The van der Waals surface area contributed by atoms with Crippen molar-refractivity contribution in [2.45, 2.75) is 46.0 Å². The van der Waals surface area contributed by atoms with Gasteiger partial charge in [0.05, 0.1) is 13.7 Å². The molecule has 0 aliphatic rings. The predicted molar refractivity (Wildman–Crippen MR) is 84.9 cm³/mol. The van der Waals surface area contributed by atoms with Crippen molar-refractivity contribution >= 4 is 0 Å². The highest BCUT2D eigenvalue weighted by atomic mass is 16.5. The van der Waals surface area contributed by atoms with Gasteiger partial charge >= 0.3 is 0 Å². The normalized spacial score (nSPS) is 10.6. The molecular weight excluding hydrogens is 250 g/mol. The number of rotatable bonds is 11. The number of aryl methyl sites for hydroxylation is 1. The van der Waals surface area contributed by atoms with E-state index >= 15 is 0 Å². The van der Waals surface area contributed by atoms with E-state index in [1.54, 1.807) is 7.11 Å². The molecule has 0 bridgehead atoms. The highest BCUT2D eigenvalue weighted by Crippen LogP contribution is 2.28. The van der Waals surface area contributed by atoms with Crippen LogP contribution < -0.4 is 14.8 Å². The molecule has 0 fully saturated rings. The minimum Gasteiger partial charge on any atom is -0.493 e. The van der Waals surface area contributed by atoms with E-state index in [0.717, 1.165) is 44.0 Å². The van der Waals surface area contributed by atoms with E-state index in [9.17, 15) is 0 Å². The van der Waals surface area contributed by atoms with E-state index in [0.29, 0.717) is 0 Å². The maximum atomic E-state index is 5.81. The molecule has 0 radical (unpaired) electrons. The second-order valence-corrected chi connectivity index (χ2v) is 4.95. The average Bonchev–Trinajstić information content (AvgIpc) is 2.50. The van der Waals surface area contributed by atoms with Gasteiger partial charge in [-0.2, -0.15) is 0 Å². The summed E-state index contributed by atoms with van der Waals surface area (Å²) >= 11 is 0. The van der Waals surface area contributed by atoms with Crippen molar-refractivity contribution in [1.29, 1.82) is 0 Å². The SMILES string of the molecule is CCNCCCCCCOc1ccc(CC)cc1OC. The van der Waals surface area contributed by atoms with Gasteiger partial charge in [0.25, 0.3) is 0 Å². The zero-order valence-electron chi connectivity index (χ0n) is 13.2. The third kappa shape index (κ3) is 6.29. The van der Waals surface area contributed by atoms with Crippen LogP contribution in [0.4, 0.5) is 0 Å². The van der Waals surface area contributed by atoms with Crippen molar-refractivity contribution < 1.29 is 9.47 Å². The van der Waals surface area contributed by atoms with Gasteiger partial charge in [0.2, 0.25) is 0 Å². The number of ether oxygens (including phenoxy) is 2. The molecule has 0 saturated carbocycles. The van der Waals surface area contributed by atoms with Gasteiger partial charge in [-0.15, -0.1) is 0 Å². The monoisotopic (exact) mass is 279 g/mol. The van der Waals surface area contributed by atoms with Gasteiger partial charge in [-0.1, -0.05) is 32.8 Å². The van der Waals surface area contributed by atoms with Crippen LogP contribution in [0.1, 0.15) is 45.1 Å². The fourth-order valence-corrected chi connectivity index (χ4v) is 2.12. The Kier molecular flexibility index (Phi) is 8.88. The summed E-state index contributed by atoms with van der Waals surface area (Å²) in [5.74, 6) is 1.70. The lowest BCUT2D eigenvalue weighted by molar-refractivity contribution is 0.284. The first-order valence-corrected chi connectivity index (χ1v) is 7.82. The first-order chi connectivity index (χ1) is 9.81. The van der Waals surface area contributed by atoms with Gasteiger partial charge in [0.15, 0.2) is 11.5 Å². The Bertz CT molecular complexity index is 366. The summed E-state index contributed by atoms with van der Waals surface area (Å²) in [5, 5.41) is 3.34. The molecule has 0 heterocycles. The standard InChI is InChI=1S/C17H29NO2/c1-4-15-10-11-16(17(14-15)19-3)20-13-9-7-6-8-12-18-5-2/h10-11,14,18H,4-9,12-13H2,1-3H3. The highest BCUT2D eigenvalue weighted by molar-refractivity contribution is 5.42. The molecule has 0 saturated heterocycles. The Labute approximate surface area is 123 Å². The fourth-order valence-electron chi connectivity index (χ4n) is 2.12. The molecule has 1 aromatic rings. The number of benzene rings is 1. The third-order valence-electron chi connectivity index (χ3n) is 3.39. The van der Waals surface area contributed by atoms with Crippen LogP contribution in [0.5, 0.6) is 11.5 Å². The Morgan fingerprint density at radius 3 is 2.50 bits per heavy atom. The van der Waals surface area contributed by atoms with Crippen molar-refractivity contribution in [3.63, 3.8) is 0 Å². The molecule has 0 aliphatic carbocycles. The summed E-state index contributed by atoms with van der Waals surface area (Å²) in [7, 11) is 1.70. The molecule has 3 nitrogen and oxygen atoms in total. The largest absolute Gasteiger partial charge is 0.493 e. The minimum atomic E-state index is 0.767. The fraction of sp³-hybridized carbons (Fsp3) is 0.647. The first-order valence-electron chi connectivity index (χ1n) is 7.82. The molecule has 1 N–H and O–H groups in total. The lowest BCUT2D eigenvalue weighted by Gasteiger charge is -2.11. The zero-order valence-corrected chi connectivity index (χ0v) is 13.2. The van der Waals surface area contributed by atoms with E-state index in [-0.39, 0.29) is 0 Å². The molecule has 0 aromatic heterocycles. The highest BCUT2D eigenvalue weighted by Gasteiger charge is 2.04. The van der Waals surface area contributed by atoms with E-state index < -0.39 is 0 Å². The van der Waals surface area contributed by atoms with Crippen LogP contribution in [0.2, 0.25) is 0 Å².